The van der Waals surface area contributed by atoms with Crippen molar-refractivity contribution in [1.82, 2.24) is 15.6 Å². The van der Waals surface area contributed by atoms with Crippen LogP contribution in [0.4, 0.5) is 5.13 Å². The Hall–Kier alpha value is -0.950. The van der Waals surface area contributed by atoms with E-state index < -0.39 is 0 Å². The SMILES string of the molecule is CCNC(=NCCc1csc(N2CCCC2)n1)NC1CCCSC1. The molecule has 2 saturated heterocycles. The highest BCUT2D eigenvalue weighted by atomic mass is 32.2. The fraction of sp³-hybridized carbons (Fsp3) is 0.765. The molecule has 0 radical (unpaired) electrons. The summed E-state index contributed by atoms with van der Waals surface area (Å²) in [5.74, 6) is 3.45. The molecule has 0 spiro atoms. The maximum Gasteiger partial charge on any atom is 0.191 e. The Morgan fingerprint density at radius 1 is 1.38 bits per heavy atom. The summed E-state index contributed by atoms with van der Waals surface area (Å²) < 4.78 is 0. The van der Waals surface area contributed by atoms with Gasteiger partial charge in [-0.2, -0.15) is 11.8 Å². The Balaban J connectivity index is 1.48. The summed E-state index contributed by atoms with van der Waals surface area (Å²) in [6.45, 7) is 6.15. The maximum absolute atomic E-state index is 4.78. The van der Waals surface area contributed by atoms with Gasteiger partial charge >= 0.3 is 0 Å². The fourth-order valence-corrected chi connectivity index (χ4v) is 5.10. The second-order valence-corrected chi connectivity index (χ2v) is 8.37. The van der Waals surface area contributed by atoms with Crippen LogP contribution >= 0.6 is 23.1 Å². The average Bonchev–Trinajstić information content (AvgIpc) is 3.27. The molecule has 2 N–H and O–H groups in total. The third kappa shape index (κ3) is 5.28. The predicted molar refractivity (Wildman–Crippen MR) is 107 cm³/mol. The van der Waals surface area contributed by atoms with Crippen molar-refractivity contribution >= 4 is 34.2 Å². The summed E-state index contributed by atoms with van der Waals surface area (Å²) in [7, 11) is 0. The van der Waals surface area contributed by atoms with E-state index in [-0.39, 0.29) is 0 Å². The minimum atomic E-state index is 0.558. The van der Waals surface area contributed by atoms with Crippen LogP contribution in [0.2, 0.25) is 0 Å². The molecule has 0 bridgehead atoms. The van der Waals surface area contributed by atoms with Gasteiger partial charge < -0.3 is 15.5 Å². The van der Waals surface area contributed by atoms with E-state index in [0.29, 0.717) is 6.04 Å². The Kier molecular flexibility index (Phi) is 7.08. The smallest absolute Gasteiger partial charge is 0.191 e. The van der Waals surface area contributed by atoms with Gasteiger partial charge in [-0.3, -0.25) is 4.99 Å². The molecule has 2 fully saturated rings. The fourth-order valence-electron chi connectivity index (χ4n) is 3.11. The van der Waals surface area contributed by atoms with E-state index in [1.807, 2.05) is 11.8 Å². The molecule has 7 heteroatoms. The van der Waals surface area contributed by atoms with Crippen LogP contribution < -0.4 is 15.5 Å². The zero-order valence-corrected chi connectivity index (χ0v) is 16.2. The second-order valence-electron chi connectivity index (χ2n) is 6.38. The summed E-state index contributed by atoms with van der Waals surface area (Å²) in [6.07, 6.45) is 6.08. The number of guanidine groups is 1. The highest BCUT2D eigenvalue weighted by Crippen LogP contribution is 2.24. The first-order chi connectivity index (χ1) is 11.8. The standard InChI is InChI=1S/C17H29N5S2/c1-2-18-16(20-14-6-5-11-23-12-14)19-8-7-15-13-24-17(21-15)22-9-3-4-10-22/h13-14H,2-12H2,1H3,(H2,18,19,20). The number of rotatable bonds is 6. The molecular weight excluding hydrogens is 338 g/mol. The number of nitrogens with one attached hydrogen (secondary N) is 2. The van der Waals surface area contributed by atoms with E-state index in [2.05, 4.69) is 27.8 Å². The molecule has 0 aromatic carbocycles. The zero-order valence-electron chi connectivity index (χ0n) is 14.6. The lowest BCUT2D eigenvalue weighted by atomic mass is 10.2. The Morgan fingerprint density at radius 2 is 2.25 bits per heavy atom. The lowest BCUT2D eigenvalue weighted by Crippen LogP contribution is -2.45. The predicted octanol–water partition coefficient (Wildman–Crippen LogP) is 2.74. The first kappa shape index (κ1) is 17.9. The largest absolute Gasteiger partial charge is 0.357 e. The number of thiazole rings is 1. The molecule has 3 rings (SSSR count). The molecule has 3 heterocycles. The summed E-state index contributed by atoms with van der Waals surface area (Å²) >= 11 is 3.82. The molecule has 0 saturated carbocycles. The first-order valence-corrected chi connectivity index (χ1v) is 11.2. The highest BCUT2D eigenvalue weighted by Gasteiger charge is 2.16. The third-order valence-electron chi connectivity index (χ3n) is 4.40. The summed E-state index contributed by atoms with van der Waals surface area (Å²) in [5, 5.41) is 10.3. The monoisotopic (exact) mass is 367 g/mol. The van der Waals surface area contributed by atoms with Gasteiger partial charge in [-0.05, 0) is 38.4 Å². The lowest BCUT2D eigenvalue weighted by molar-refractivity contribution is 0.582. The van der Waals surface area contributed by atoms with Crippen LogP contribution in [0.5, 0.6) is 0 Å². The molecule has 0 amide bonds. The molecule has 2 aliphatic heterocycles. The maximum atomic E-state index is 4.78. The van der Waals surface area contributed by atoms with Gasteiger partial charge in [-0.25, -0.2) is 4.98 Å². The van der Waals surface area contributed by atoms with E-state index in [0.717, 1.165) is 25.5 Å². The normalized spacial score (nSPS) is 22.0. The van der Waals surface area contributed by atoms with Crippen molar-refractivity contribution in [3.8, 4) is 0 Å². The van der Waals surface area contributed by atoms with Gasteiger partial charge in [0.2, 0.25) is 0 Å². The van der Waals surface area contributed by atoms with E-state index >= 15 is 0 Å². The first-order valence-electron chi connectivity index (χ1n) is 9.17. The van der Waals surface area contributed by atoms with Crippen molar-refractivity contribution < 1.29 is 0 Å². The number of hydrogen-bond acceptors (Lipinski definition) is 5. The van der Waals surface area contributed by atoms with E-state index in [4.69, 9.17) is 9.98 Å². The average molecular weight is 368 g/mol. The van der Waals surface area contributed by atoms with Gasteiger partial charge in [0.15, 0.2) is 11.1 Å². The van der Waals surface area contributed by atoms with Gasteiger partial charge in [0.05, 0.1) is 5.69 Å². The van der Waals surface area contributed by atoms with Crippen molar-refractivity contribution in [3.63, 3.8) is 0 Å². The molecule has 2 aliphatic rings. The lowest BCUT2D eigenvalue weighted by Gasteiger charge is -2.24. The number of anilines is 1. The van der Waals surface area contributed by atoms with Crippen molar-refractivity contribution in [2.24, 2.45) is 4.99 Å². The van der Waals surface area contributed by atoms with Crippen LogP contribution in [0.3, 0.4) is 0 Å². The quantitative estimate of drug-likeness (QED) is 0.598. The molecule has 1 aromatic heterocycles. The van der Waals surface area contributed by atoms with Gasteiger partial charge in [0.25, 0.3) is 0 Å². The molecule has 24 heavy (non-hydrogen) atoms. The van der Waals surface area contributed by atoms with Crippen LogP contribution in [-0.2, 0) is 6.42 Å². The summed E-state index contributed by atoms with van der Waals surface area (Å²) in [6, 6.07) is 0.558. The number of thioether (sulfide) groups is 1. The van der Waals surface area contributed by atoms with E-state index in [1.165, 1.54) is 61.1 Å². The molecule has 1 atom stereocenters. The number of nitrogens with zero attached hydrogens (tertiary/aromatic N) is 3. The van der Waals surface area contributed by atoms with Crippen molar-refractivity contribution in [2.75, 3.05) is 42.6 Å². The number of aromatic nitrogens is 1. The Bertz CT molecular complexity index is 519. The van der Waals surface area contributed by atoms with E-state index in [9.17, 15) is 0 Å². The molecule has 5 nitrogen and oxygen atoms in total. The van der Waals surface area contributed by atoms with Crippen molar-refractivity contribution in [1.29, 1.82) is 0 Å². The molecule has 1 aromatic rings. The number of aliphatic imine (C=N–C) groups is 1. The van der Waals surface area contributed by atoms with Crippen LogP contribution in [0.15, 0.2) is 10.4 Å². The minimum absolute atomic E-state index is 0.558. The van der Waals surface area contributed by atoms with Gasteiger partial charge in [-0.1, -0.05) is 0 Å². The van der Waals surface area contributed by atoms with Gasteiger partial charge in [-0.15, -0.1) is 11.3 Å². The molecular formula is C17H29N5S2. The Morgan fingerprint density at radius 3 is 3.00 bits per heavy atom. The summed E-state index contributed by atoms with van der Waals surface area (Å²) in [4.78, 5) is 11.9. The van der Waals surface area contributed by atoms with Crippen molar-refractivity contribution in [3.05, 3.63) is 11.1 Å². The van der Waals surface area contributed by atoms with Gasteiger partial charge in [0, 0.05) is 49.8 Å². The zero-order chi connectivity index (χ0) is 16.6. The number of hydrogen-bond donors (Lipinski definition) is 2. The molecule has 0 aliphatic carbocycles. The topological polar surface area (TPSA) is 52.6 Å². The van der Waals surface area contributed by atoms with Crippen LogP contribution in [0.25, 0.3) is 0 Å². The molecule has 134 valence electrons. The van der Waals surface area contributed by atoms with Crippen LogP contribution in [0, 0.1) is 0 Å². The van der Waals surface area contributed by atoms with Crippen LogP contribution in [-0.4, -0.2) is 54.7 Å². The third-order valence-corrected chi connectivity index (χ3v) is 6.57. The van der Waals surface area contributed by atoms with E-state index in [1.54, 1.807) is 11.3 Å². The van der Waals surface area contributed by atoms with Crippen LogP contribution in [0.1, 0.15) is 38.3 Å². The Labute approximate surface area is 153 Å². The summed E-state index contributed by atoms with van der Waals surface area (Å²) in [5.41, 5.74) is 1.18. The van der Waals surface area contributed by atoms with Crippen molar-refractivity contribution in [2.45, 2.75) is 45.1 Å². The molecule has 1 unspecified atom stereocenters. The van der Waals surface area contributed by atoms with Gasteiger partial charge in [0.1, 0.15) is 0 Å². The minimum Gasteiger partial charge on any atom is -0.357 e. The second kappa shape index (κ2) is 9.51. The highest BCUT2D eigenvalue weighted by molar-refractivity contribution is 7.99.